The summed E-state index contributed by atoms with van der Waals surface area (Å²) in [5.74, 6) is 3.86. The highest BCUT2D eigenvalue weighted by Gasteiger charge is 2.53. The second kappa shape index (κ2) is 4.68. The quantitative estimate of drug-likeness (QED) is 0.871. The van der Waals surface area contributed by atoms with Gasteiger partial charge in [0.15, 0.2) is 0 Å². The number of rotatable bonds is 2. The third-order valence-corrected chi connectivity index (χ3v) is 6.74. The molecule has 0 aliphatic heterocycles. The number of H-pyrrole nitrogens is 1. The van der Waals surface area contributed by atoms with Crippen molar-refractivity contribution < 1.29 is 0 Å². The molecule has 1 N–H and O–H groups in total. The SMILES string of the molecule is CC(C)c1nc(C23CC4CC(CC(C4)C2)C3)[nH]c(=O)c1Br. The summed E-state index contributed by atoms with van der Waals surface area (Å²) < 4.78 is 0.617. The van der Waals surface area contributed by atoms with E-state index in [-0.39, 0.29) is 16.9 Å². The fourth-order valence-electron chi connectivity index (χ4n) is 5.51. The van der Waals surface area contributed by atoms with Gasteiger partial charge in [0, 0.05) is 5.41 Å². The average Bonchev–Trinajstić information content (AvgIpc) is 2.39. The second-order valence-electron chi connectivity index (χ2n) is 7.97. The molecule has 0 atom stereocenters. The molecular formula is C17H23BrN2O. The van der Waals surface area contributed by atoms with Crippen LogP contribution in [0.3, 0.4) is 0 Å². The maximum Gasteiger partial charge on any atom is 0.265 e. The van der Waals surface area contributed by atoms with Crippen LogP contribution < -0.4 is 5.56 Å². The monoisotopic (exact) mass is 350 g/mol. The zero-order valence-corrected chi connectivity index (χ0v) is 14.4. The molecular weight excluding hydrogens is 328 g/mol. The Morgan fingerprint density at radius 2 is 1.67 bits per heavy atom. The molecule has 1 aromatic rings. The Hall–Kier alpha value is -0.640. The van der Waals surface area contributed by atoms with E-state index in [1.807, 2.05) is 0 Å². The van der Waals surface area contributed by atoms with Crippen molar-refractivity contribution in [2.75, 3.05) is 0 Å². The number of halogens is 1. The summed E-state index contributed by atoms with van der Waals surface area (Å²) in [6, 6.07) is 0. The fourth-order valence-corrected chi connectivity index (χ4v) is 6.16. The molecule has 3 nitrogen and oxygen atoms in total. The third kappa shape index (κ3) is 2.13. The Morgan fingerprint density at radius 3 is 2.14 bits per heavy atom. The second-order valence-corrected chi connectivity index (χ2v) is 8.76. The molecule has 1 aromatic heterocycles. The van der Waals surface area contributed by atoms with Crippen LogP contribution in [0.1, 0.15) is 69.8 Å². The van der Waals surface area contributed by atoms with Crippen LogP contribution in [0.5, 0.6) is 0 Å². The normalized spacial score (nSPS) is 37.4. The minimum atomic E-state index is -0.000514. The highest BCUT2D eigenvalue weighted by atomic mass is 79.9. The molecule has 0 amide bonds. The van der Waals surface area contributed by atoms with Gasteiger partial charge in [-0.2, -0.15) is 0 Å². The molecule has 1 heterocycles. The maximum absolute atomic E-state index is 12.3. The first kappa shape index (κ1) is 14.0. The Kier molecular flexibility index (Phi) is 3.11. The predicted molar refractivity (Wildman–Crippen MR) is 86.5 cm³/mol. The van der Waals surface area contributed by atoms with Crippen LogP contribution >= 0.6 is 15.9 Å². The van der Waals surface area contributed by atoms with E-state index in [0.29, 0.717) is 4.47 Å². The maximum atomic E-state index is 12.3. The zero-order valence-electron chi connectivity index (χ0n) is 12.8. The van der Waals surface area contributed by atoms with Crippen LogP contribution in [0, 0.1) is 17.8 Å². The van der Waals surface area contributed by atoms with E-state index in [1.165, 1.54) is 38.5 Å². The summed E-state index contributed by atoms with van der Waals surface area (Å²) in [7, 11) is 0. The van der Waals surface area contributed by atoms with Gasteiger partial charge in [-0.3, -0.25) is 4.79 Å². The van der Waals surface area contributed by atoms with E-state index in [9.17, 15) is 4.79 Å². The van der Waals surface area contributed by atoms with Crippen LogP contribution in [0.4, 0.5) is 0 Å². The Labute approximate surface area is 134 Å². The highest BCUT2D eigenvalue weighted by Crippen LogP contribution is 2.60. The Bertz CT molecular complexity index is 599. The molecule has 4 bridgehead atoms. The first-order valence-electron chi connectivity index (χ1n) is 8.27. The van der Waals surface area contributed by atoms with Crippen molar-refractivity contribution in [1.29, 1.82) is 0 Å². The Morgan fingerprint density at radius 1 is 1.14 bits per heavy atom. The summed E-state index contributed by atoms with van der Waals surface area (Å²) in [5.41, 5.74) is 1.09. The summed E-state index contributed by atoms with van der Waals surface area (Å²) in [4.78, 5) is 20.4. The topological polar surface area (TPSA) is 45.8 Å². The van der Waals surface area contributed by atoms with E-state index in [0.717, 1.165) is 29.3 Å². The van der Waals surface area contributed by atoms with Gasteiger partial charge in [-0.05, 0) is 78.1 Å². The van der Waals surface area contributed by atoms with Gasteiger partial charge in [-0.1, -0.05) is 13.8 Å². The molecule has 0 aromatic carbocycles. The van der Waals surface area contributed by atoms with Crippen molar-refractivity contribution in [2.24, 2.45) is 17.8 Å². The van der Waals surface area contributed by atoms with Crippen molar-refractivity contribution in [3.8, 4) is 0 Å². The fraction of sp³-hybridized carbons (Fsp3) is 0.765. The number of nitrogens with one attached hydrogen (secondary N) is 1. The van der Waals surface area contributed by atoms with Crippen molar-refractivity contribution in [2.45, 2.75) is 63.7 Å². The van der Waals surface area contributed by atoms with E-state index in [4.69, 9.17) is 4.98 Å². The van der Waals surface area contributed by atoms with Crippen LogP contribution in [0.25, 0.3) is 0 Å². The van der Waals surface area contributed by atoms with Gasteiger partial charge < -0.3 is 4.98 Å². The van der Waals surface area contributed by atoms with Crippen molar-refractivity contribution in [3.05, 3.63) is 26.3 Å². The summed E-state index contributed by atoms with van der Waals surface area (Å²) >= 11 is 3.42. The van der Waals surface area contributed by atoms with E-state index < -0.39 is 0 Å². The van der Waals surface area contributed by atoms with E-state index in [1.54, 1.807) is 0 Å². The van der Waals surface area contributed by atoms with Gasteiger partial charge >= 0.3 is 0 Å². The summed E-state index contributed by atoms with van der Waals surface area (Å²) in [6.07, 6.45) is 7.95. The molecule has 0 saturated heterocycles. The van der Waals surface area contributed by atoms with Gasteiger partial charge in [0.1, 0.15) is 10.3 Å². The van der Waals surface area contributed by atoms with E-state index in [2.05, 4.69) is 34.8 Å². The first-order chi connectivity index (χ1) is 9.97. The lowest BCUT2D eigenvalue weighted by Crippen LogP contribution is -2.50. The predicted octanol–water partition coefficient (Wildman–Crippen LogP) is 4.12. The third-order valence-electron chi connectivity index (χ3n) is 5.98. The number of hydrogen-bond donors (Lipinski definition) is 1. The molecule has 4 saturated carbocycles. The molecule has 114 valence electrons. The van der Waals surface area contributed by atoms with Crippen LogP contribution in [-0.2, 0) is 5.41 Å². The van der Waals surface area contributed by atoms with Crippen molar-refractivity contribution >= 4 is 15.9 Å². The summed E-state index contributed by atoms with van der Waals surface area (Å²) in [6.45, 7) is 4.21. The number of aromatic nitrogens is 2. The van der Waals surface area contributed by atoms with Crippen molar-refractivity contribution in [3.63, 3.8) is 0 Å². The van der Waals surface area contributed by atoms with Gasteiger partial charge in [0.2, 0.25) is 0 Å². The molecule has 4 aliphatic carbocycles. The zero-order chi connectivity index (χ0) is 14.8. The molecule has 4 heteroatoms. The average molecular weight is 351 g/mol. The molecule has 4 aliphatic rings. The lowest BCUT2D eigenvalue weighted by atomic mass is 9.49. The first-order valence-corrected chi connectivity index (χ1v) is 9.06. The molecule has 4 fully saturated rings. The van der Waals surface area contributed by atoms with Crippen LogP contribution in [0.15, 0.2) is 9.27 Å². The van der Waals surface area contributed by atoms with Crippen LogP contribution in [-0.4, -0.2) is 9.97 Å². The molecule has 5 rings (SSSR count). The van der Waals surface area contributed by atoms with Gasteiger partial charge in [0.25, 0.3) is 5.56 Å². The minimum Gasteiger partial charge on any atom is -0.309 e. The van der Waals surface area contributed by atoms with Gasteiger partial charge in [-0.25, -0.2) is 4.98 Å². The lowest BCUT2D eigenvalue weighted by Gasteiger charge is -2.56. The number of hydrogen-bond acceptors (Lipinski definition) is 2. The van der Waals surface area contributed by atoms with Gasteiger partial charge in [0.05, 0.1) is 5.69 Å². The van der Waals surface area contributed by atoms with Gasteiger partial charge in [-0.15, -0.1) is 0 Å². The highest BCUT2D eigenvalue weighted by molar-refractivity contribution is 9.10. The molecule has 0 unspecified atom stereocenters. The minimum absolute atomic E-state index is 0.000514. The smallest absolute Gasteiger partial charge is 0.265 e. The number of aromatic amines is 1. The van der Waals surface area contributed by atoms with Crippen molar-refractivity contribution in [1.82, 2.24) is 9.97 Å². The lowest BCUT2D eigenvalue weighted by molar-refractivity contribution is -0.00964. The standard InChI is InChI=1S/C17H23BrN2O/c1-9(2)14-13(18)15(21)20-16(19-14)17-6-10-3-11(7-17)5-12(4-10)8-17/h9-12H,3-8H2,1-2H3,(H,19,20,21). The molecule has 21 heavy (non-hydrogen) atoms. The Balaban J connectivity index is 1.81. The number of nitrogens with zero attached hydrogens (tertiary/aromatic N) is 1. The van der Waals surface area contributed by atoms with Crippen LogP contribution in [0.2, 0.25) is 0 Å². The molecule has 0 radical (unpaired) electrons. The van der Waals surface area contributed by atoms with E-state index >= 15 is 0 Å². The largest absolute Gasteiger partial charge is 0.309 e. The summed E-state index contributed by atoms with van der Waals surface area (Å²) in [5, 5.41) is 0. The molecule has 0 spiro atoms.